The number of rotatable bonds is 4. The normalized spacial score (nSPS) is 10.5. The largest absolute Gasteiger partial charge is 0.318 e. The molecule has 0 bridgehead atoms. The predicted octanol–water partition coefficient (Wildman–Crippen LogP) is 3.10. The summed E-state index contributed by atoms with van der Waals surface area (Å²) >= 11 is 7.07. The molecule has 0 atom stereocenters. The van der Waals surface area contributed by atoms with Crippen LogP contribution in [-0.2, 0) is 6.42 Å². The molecule has 7 heteroatoms. The van der Waals surface area contributed by atoms with E-state index in [1.54, 1.807) is 12.3 Å². The van der Waals surface area contributed by atoms with Crippen LogP contribution in [0.4, 0.5) is 5.69 Å². The third-order valence-electron chi connectivity index (χ3n) is 2.60. The molecule has 1 amide bonds. The van der Waals surface area contributed by atoms with Crippen LogP contribution < -0.4 is 5.32 Å². The minimum Gasteiger partial charge on any atom is -0.318 e. The fourth-order valence-electron chi connectivity index (χ4n) is 1.63. The highest BCUT2D eigenvalue weighted by atomic mass is 35.5. The number of carbonyl (C=O) groups excluding carboxylic acids is 1. The van der Waals surface area contributed by atoms with Crippen LogP contribution in [0.1, 0.15) is 34.3 Å². The molecule has 5 nitrogen and oxygen atoms in total. The van der Waals surface area contributed by atoms with Crippen LogP contribution in [0.5, 0.6) is 0 Å². The number of pyridine rings is 1. The monoisotopic (exact) mass is 296 g/mol. The van der Waals surface area contributed by atoms with Crippen molar-refractivity contribution >= 4 is 34.7 Å². The molecule has 0 saturated carbocycles. The molecule has 0 saturated heterocycles. The summed E-state index contributed by atoms with van der Waals surface area (Å²) in [5.74, 6) is -0.239. The summed E-state index contributed by atoms with van der Waals surface area (Å²) in [6.07, 6.45) is 3.25. The maximum absolute atomic E-state index is 12.2. The Morgan fingerprint density at radius 3 is 3.00 bits per heavy atom. The van der Waals surface area contributed by atoms with E-state index in [1.807, 2.05) is 13.8 Å². The van der Waals surface area contributed by atoms with Gasteiger partial charge in [0.15, 0.2) is 5.15 Å². The van der Waals surface area contributed by atoms with Gasteiger partial charge in [0.2, 0.25) is 0 Å². The Morgan fingerprint density at radius 1 is 1.53 bits per heavy atom. The van der Waals surface area contributed by atoms with Crippen molar-refractivity contribution in [3.05, 3.63) is 33.6 Å². The van der Waals surface area contributed by atoms with Gasteiger partial charge in [0.1, 0.15) is 4.88 Å². The van der Waals surface area contributed by atoms with Crippen LogP contribution in [-0.4, -0.2) is 20.5 Å². The first kappa shape index (κ1) is 13.9. The Balaban J connectivity index is 2.24. The number of aryl methyl sites for hydroxylation is 2. The third-order valence-corrected chi connectivity index (χ3v) is 3.65. The van der Waals surface area contributed by atoms with E-state index in [-0.39, 0.29) is 11.1 Å². The van der Waals surface area contributed by atoms with Gasteiger partial charge in [-0.15, -0.1) is 5.10 Å². The van der Waals surface area contributed by atoms with Crippen molar-refractivity contribution < 1.29 is 4.79 Å². The molecule has 0 unspecified atom stereocenters. The highest BCUT2D eigenvalue weighted by molar-refractivity contribution is 7.08. The smallest absolute Gasteiger partial charge is 0.269 e. The fraction of sp³-hybridized carbons (Fsp3) is 0.333. The zero-order valence-electron chi connectivity index (χ0n) is 10.6. The Bertz CT molecular complexity index is 579. The summed E-state index contributed by atoms with van der Waals surface area (Å²) in [6, 6.07) is 1.79. The van der Waals surface area contributed by atoms with E-state index < -0.39 is 0 Å². The van der Waals surface area contributed by atoms with E-state index in [2.05, 4.69) is 19.9 Å². The fourth-order valence-corrected chi connectivity index (χ4v) is 2.48. The number of hydrogen-bond donors (Lipinski definition) is 1. The van der Waals surface area contributed by atoms with Gasteiger partial charge < -0.3 is 5.32 Å². The summed E-state index contributed by atoms with van der Waals surface area (Å²) < 4.78 is 3.83. The molecule has 2 aromatic heterocycles. The number of carbonyl (C=O) groups is 1. The zero-order valence-corrected chi connectivity index (χ0v) is 12.2. The molecule has 0 spiro atoms. The van der Waals surface area contributed by atoms with Gasteiger partial charge in [-0.05, 0) is 36.5 Å². The summed E-state index contributed by atoms with van der Waals surface area (Å²) in [5.41, 5.74) is 2.12. The van der Waals surface area contributed by atoms with Gasteiger partial charge in [-0.3, -0.25) is 4.79 Å². The maximum Gasteiger partial charge on any atom is 0.269 e. The van der Waals surface area contributed by atoms with Gasteiger partial charge in [0, 0.05) is 6.20 Å². The topological polar surface area (TPSA) is 67.8 Å². The van der Waals surface area contributed by atoms with Gasteiger partial charge in [-0.2, -0.15) is 0 Å². The first-order valence-corrected chi connectivity index (χ1v) is 7.02. The van der Waals surface area contributed by atoms with Crippen LogP contribution in [0.2, 0.25) is 5.15 Å². The third kappa shape index (κ3) is 3.08. The van der Waals surface area contributed by atoms with Crippen molar-refractivity contribution in [2.75, 3.05) is 5.32 Å². The average molecular weight is 297 g/mol. The molecular weight excluding hydrogens is 284 g/mol. The number of aromatic nitrogens is 3. The van der Waals surface area contributed by atoms with Crippen LogP contribution in [0.15, 0.2) is 12.3 Å². The highest BCUT2D eigenvalue weighted by Crippen LogP contribution is 2.24. The van der Waals surface area contributed by atoms with Crippen molar-refractivity contribution in [1.82, 2.24) is 14.6 Å². The van der Waals surface area contributed by atoms with E-state index in [9.17, 15) is 4.79 Å². The maximum atomic E-state index is 12.2. The lowest BCUT2D eigenvalue weighted by Gasteiger charge is -2.08. The Kier molecular flexibility index (Phi) is 4.44. The van der Waals surface area contributed by atoms with Gasteiger partial charge in [-0.1, -0.05) is 29.4 Å². The van der Waals surface area contributed by atoms with Gasteiger partial charge in [-0.25, -0.2) is 4.98 Å². The van der Waals surface area contributed by atoms with Crippen molar-refractivity contribution in [2.24, 2.45) is 0 Å². The van der Waals surface area contributed by atoms with Crippen LogP contribution in [0.25, 0.3) is 0 Å². The first-order valence-electron chi connectivity index (χ1n) is 5.87. The van der Waals surface area contributed by atoms with Crippen molar-refractivity contribution in [3.63, 3.8) is 0 Å². The molecular formula is C12H13ClN4OS. The molecule has 100 valence electrons. The molecule has 0 aliphatic carbocycles. The Morgan fingerprint density at radius 2 is 2.32 bits per heavy atom. The van der Waals surface area contributed by atoms with E-state index in [4.69, 9.17) is 11.6 Å². The van der Waals surface area contributed by atoms with E-state index >= 15 is 0 Å². The van der Waals surface area contributed by atoms with Gasteiger partial charge >= 0.3 is 0 Å². The van der Waals surface area contributed by atoms with Crippen LogP contribution in [0, 0.1) is 6.92 Å². The molecule has 2 rings (SSSR count). The number of hydrogen-bond acceptors (Lipinski definition) is 5. The average Bonchev–Trinajstić information content (AvgIpc) is 2.83. The first-order chi connectivity index (χ1) is 9.13. The minimum absolute atomic E-state index is 0.239. The molecule has 0 aliphatic rings. The molecule has 2 heterocycles. The zero-order chi connectivity index (χ0) is 13.8. The lowest BCUT2D eigenvalue weighted by atomic mass is 10.2. The van der Waals surface area contributed by atoms with Crippen molar-refractivity contribution in [2.45, 2.75) is 26.7 Å². The summed E-state index contributed by atoms with van der Waals surface area (Å²) in [7, 11) is 0. The molecule has 0 fully saturated rings. The highest BCUT2D eigenvalue weighted by Gasteiger charge is 2.17. The number of halogens is 1. The molecule has 1 N–H and O–H groups in total. The van der Waals surface area contributed by atoms with Gasteiger partial charge in [0.25, 0.3) is 5.91 Å². The second-order valence-corrected chi connectivity index (χ2v) is 5.16. The number of anilines is 1. The number of nitrogens with zero attached hydrogens (tertiary/aromatic N) is 3. The van der Waals surface area contributed by atoms with Gasteiger partial charge in [0.05, 0.1) is 11.4 Å². The quantitative estimate of drug-likeness (QED) is 0.880. The Hall–Kier alpha value is -1.53. The number of amides is 1. The predicted molar refractivity (Wildman–Crippen MR) is 75.8 cm³/mol. The van der Waals surface area contributed by atoms with E-state index in [0.717, 1.165) is 35.6 Å². The minimum atomic E-state index is -0.239. The van der Waals surface area contributed by atoms with Crippen LogP contribution in [0.3, 0.4) is 0 Å². The molecule has 2 aromatic rings. The van der Waals surface area contributed by atoms with E-state index in [0.29, 0.717) is 10.6 Å². The van der Waals surface area contributed by atoms with Crippen LogP contribution >= 0.6 is 23.1 Å². The molecule has 0 aromatic carbocycles. The molecule has 0 radical (unpaired) electrons. The molecule has 0 aliphatic heterocycles. The van der Waals surface area contributed by atoms with Crippen molar-refractivity contribution in [3.8, 4) is 0 Å². The lowest BCUT2D eigenvalue weighted by molar-refractivity contribution is 0.102. The lowest BCUT2D eigenvalue weighted by Crippen LogP contribution is -2.14. The van der Waals surface area contributed by atoms with Crippen molar-refractivity contribution in [1.29, 1.82) is 0 Å². The number of nitrogens with one attached hydrogen (secondary N) is 1. The summed E-state index contributed by atoms with van der Waals surface area (Å²) in [6.45, 7) is 3.89. The second kappa shape index (κ2) is 6.08. The standard InChI is InChI=1S/C12H13ClN4OS/c1-3-4-8-10(19-17-16-8)12(18)15-9-7(2)5-6-14-11(9)13/h5-6H,3-4H2,1-2H3,(H,15,18). The summed E-state index contributed by atoms with van der Waals surface area (Å²) in [5, 5.41) is 7.03. The SMILES string of the molecule is CCCc1nnsc1C(=O)Nc1c(C)ccnc1Cl. The Labute approximate surface area is 120 Å². The van der Waals surface area contributed by atoms with E-state index in [1.165, 1.54) is 0 Å². The summed E-state index contributed by atoms with van der Waals surface area (Å²) in [4.78, 5) is 16.7. The molecule has 19 heavy (non-hydrogen) atoms. The second-order valence-electron chi connectivity index (χ2n) is 4.05.